The number of alkyl carbamates (subject to hydrolysis) is 1. The van der Waals surface area contributed by atoms with Crippen LogP contribution in [0.1, 0.15) is 47.0 Å². The van der Waals surface area contributed by atoms with Crippen LogP contribution in [-0.2, 0) is 4.74 Å². The largest absolute Gasteiger partial charge is 0.444 e. The van der Waals surface area contributed by atoms with Gasteiger partial charge in [-0.2, -0.15) is 0 Å². The van der Waals surface area contributed by atoms with Crippen LogP contribution in [0, 0.1) is 5.92 Å². The summed E-state index contributed by atoms with van der Waals surface area (Å²) < 4.78 is 5.28. The van der Waals surface area contributed by atoms with E-state index in [1.165, 1.54) is 0 Å². The molecule has 0 aliphatic heterocycles. The molecular formula is C12H22N2O2. The van der Waals surface area contributed by atoms with Crippen LogP contribution in [0.5, 0.6) is 0 Å². The molecule has 4 nitrogen and oxygen atoms in total. The Morgan fingerprint density at radius 2 is 1.94 bits per heavy atom. The number of rotatable bonds is 2. The Bertz CT molecular complexity index is 317. The monoisotopic (exact) mass is 226 g/mol. The van der Waals surface area contributed by atoms with Crippen LogP contribution in [0.25, 0.3) is 0 Å². The molecular weight excluding hydrogens is 204 g/mol. The van der Waals surface area contributed by atoms with Crippen molar-refractivity contribution in [3.8, 4) is 0 Å². The van der Waals surface area contributed by atoms with Gasteiger partial charge in [-0.3, -0.25) is 0 Å². The molecule has 2 rings (SSSR count). The zero-order chi connectivity index (χ0) is 12.2. The van der Waals surface area contributed by atoms with E-state index in [-0.39, 0.29) is 17.2 Å². The quantitative estimate of drug-likeness (QED) is 0.754. The summed E-state index contributed by atoms with van der Waals surface area (Å²) in [5.41, 5.74) is 5.39. The molecule has 2 saturated carbocycles. The number of nitrogens with two attached hydrogens (primary N) is 1. The van der Waals surface area contributed by atoms with Crippen molar-refractivity contribution in [1.29, 1.82) is 0 Å². The van der Waals surface area contributed by atoms with E-state index < -0.39 is 5.60 Å². The van der Waals surface area contributed by atoms with Gasteiger partial charge in [0.05, 0.1) is 5.54 Å². The van der Waals surface area contributed by atoms with Gasteiger partial charge in [0.2, 0.25) is 0 Å². The Labute approximate surface area is 96.9 Å². The molecule has 2 aliphatic carbocycles. The van der Waals surface area contributed by atoms with Gasteiger partial charge in [0.1, 0.15) is 5.60 Å². The number of carbonyl (C=O) groups excluding carboxylic acids is 1. The molecule has 0 saturated heterocycles. The van der Waals surface area contributed by atoms with Crippen molar-refractivity contribution in [2.45, 2.75) is 63.6 Å². The van der Waals surface area contributed by atoms with Crippen LogP contribution in [-0.4, -0.2) is 22.8 Å². The SMILES string of the molecule is CC1CC1(NC(=O)OC(C)(C)C)C1(N)CC1. The summed E-state index contributed by atoms with van der Waals surface area (Å²) in [5.74, 6) is 0.465. The van der Waals surface area contributed by atoms with Crippen LogP contribution < -0.4 is 11.1 Å². The fourth-order valence-electron chi connectivity index (χ4n) is 2.48. The minimum Gasteiger partial charge on any atom is -0.444 e. The van der Waals surface area contributed by atoms with E-state index in [1.54, 1.807) is 0 Å². The van der Waals surface area contributed by atoms with Gasteiger partial charge in [0.25, 0.3) is 0 Å². The molecule has 1 amide bonds. The van der Waals surface area contributed by atoms with Crippen LogP contribution in [0.15, 0.2) is 0 Å². The predicted octanol–water partition coefficient (Wildman–Crippen LogP) is 1.78. The summed E-state index contributed by atoms with van der Waals surface area (Å²) >= 11 is 0. The highest BCUT2D eigenvalue weighted by Gasteiger charge is 2.69. The summed E-state index contributed by atoms with van der Waals surface area (Å²) in [6.45, 7) is 7.73. The fourth-order valence-corrected chi connectivity index (χ4v) is 2.48. The van der Waals surface area contributed by atoms with E-state index in [1.807, 2.05) is 20.8 Å². The maximum absolute atomic E-state index is 11.7. The van der Waals surface area contributed by atoms with Crippen molar-refractivity contribution in [2.24, 2.45) is 11.7 Å². The molecule has 0 aromatic heterocycles. The van der Waals surface area contributed by atoms with Crippen molar-refractivity contribution in [3.05, 3.63) is 0 Å². The normalized spacial score (nSPS) is 35.4. The molecule has 3 N–H and O–H groups in total. The Kier molecular flexibility index (Phi) is 2.29. The lowest BCUT2D eigenvalue weighted by molar-refractivity contribution is 0.0477. The first-order valence-corrected chi connectivity index (χ1v) is 5.99. The summed E-state index contributed by atoms with van der Waals surface area (Å²) in [6.07, 6.45) is 2.65. The first kappa shape index (κ1) is 11.7. The minimum absolute atomic E-state index is 0.177. The second-order valence-electron chi connectivity index (χ2n) is 6.36. The van der Waals surface area contributed by atoms with E-state index in [4.69, 9.17) is 10.5 Å². The molecule has 2 aliphatic rings. The van der Waals surface area contributed by atoms with E-state index in [0.717, 1.165) is 19.3 Å². The minimum atomic E-state index is -0.450. The zero-order valence-electron chi connectivity index (χ0n) is 10.6. The number of ether oxygens (including phenoxy) is 1. The summed E-state index contributed by atoms with van der Waals surface area (Å²) in [6, 6.07) is 0. The van der Waals surface area contributed by atoms with Gasteiger partial charge in [-0.05, 0) is 46.0 Å². The average Bonchev–Trinajstić information content (AvgIpc) is 2.91. The Morgan fingerprint density at radius 1 is 1.44 bits per heavy atom. The lowest BCUT2D eigenvalue weighted by Crippen LogP contribution is -2.54. The Balaban J connectivity index is 1.97. The maximum Gasteiger partial charge on any atom is 0.408 e. The summed E-state index contributed by atoms with van der Waals surface area (Å²) in [4.78, 5) is 11.7. The molecule has 2 unspecified atom stereocenters. The second kappa shape index (κ2) is 3.13. The van der Waals surface area contributed by atoms with Gasteiger partial charge in [-0.15, -0.1) is 0 Å². The van der Waals surface area contributed by atoms with Crippen LogP contribution >= 0.6 is 0 Å². The first-order chi connectivity index (χ1) is 7.19. The van der Waals surface area contributed by atoms with Gasteiger partial charge in [-0.25, -0.2) is 4.79 Å². The molecule has 16 heavy (non-hydrogen) atoms. The highest BCUT2D eigenvalue weighted by atomic mass is 16.6. The first-order valence-electron chi connectivity index (χ1n) is 5.99. The van der Waals surface area contributed by atoms with Crippen LogP contribution in [0.2, 0.25) is 0 Å². The molecule has 92 valence electrons. The number of carbonyl (C=O) groups is 1. The Hall–Kier alpha value is -0.770. The second-order valence-corrected chi connectivity index (χ2v) is 6.36. The average molecular weight is 226 g/mol. The highest BCUT2D eigenvalue weighted by molar-refractivity contribution is 5.70. The van der Waals surface area contributed by atoms with Gasteiger partial charge in [0.15, 0.2) is 0 Å². The fraction of sp³-hybridized carbons (Fsp3) is 0.917. The lowest BCUT2D eigenvalue weighted by atomic mass is 10.0. The van der Waals surface area contributed by atoms with Crippen molar-refractivity contribution >= 4 is 6.09 Å². The van der Waals surface area contributed by atoms with E-state index in [0.29, 0.717) is 5.92 Å². The van der Waals surface area contributed by atoms with Gasteiger partial charge in [0, 0.05) is 5.54 Å². The van der Waals surface area contributed by atoms with Crippen molar-refractivity contribution in [3.63, 3.8) is 0 Å². The summed E-state index contributed by atoms with van der Waals surface area (Å²) in [7, 11) is 0. The third kappa shape index (κ3) is 1.90. The molecule has 0 bridgehead atoms. The third-order valence-corrected chi connectivity index (χ3v) is 3.71. The molecule has 0 aromatic carbocycles. The molecule has 4 heteroatoms. The van der Waals surface area contributed by atoms with Gasteiger partial charge >= 0.3 is 6.09 Å². The number of hydrogen-bond acceptors (Lipinski definition) is 3. The number of hydrogen-bond donors (Lipinski definition) is 2. The third-order valence-electron chi connectivity index (χ3n) is 3.71. The number of nitrogens with one attached hydrogen (secondary N) is 1. The number of amides is 1. The van der Waals surface area contributed by atoms with E-state index in [2.05, 4.69) is 12.2 Å². The molecule has 2 atom stereocenters. The van der Waals surface area contributed by atoms with Crippen molar-refractivity contribution in [1.82, 2.24) is 5.32 Å². The van der Waals surface area contributed by atoms with Crippen LogP contribution in [0.3, 0.4) is 0 Å². The van der Waals surface area contributed by atoms with E-state index >= 15 is 0 Å². The molecule has 0 heterocycles. The lowest BCUT2D eigenvalue weighted by Gasteiger charge is -2.28. The van der Waals surface area contributed by atoms with Crippen molar-refractivity contribution < 1.29 is 9.53 Å². The van der Waals surface area contributed by atoms with Gasteiger partial charge < -0.3 is 15.8 Å². The highest BCUT2D eigenvalue weighted by Crippen LogP contribution is 2.59. The molecule has 2 fully saturated rings. The zero-order valence-corrected chi connectivity index (χ0v) is 10.6. The molecule has 0 aromatic rings. The van der Waals surface area contributed by atoms with Crippen LogP contribution in [0.4, 0.5) is 4.79 Å². The standard InChI is InChI=1S/C12H22N2O2/c1-8-7-12(8,11(13)5-6-11)14-9(15)16-10(2,3)4/h8H,5-7,13H2,1-4H3,(H,14,15). The topological polar surface area (TPSA) is 64.3 Å². The Morgan fingerprint density at radius 3 is 2.25 bits per heavy atom. The summed E-state index contributed by atoms with van der Waals surface area (Å²) in [5, 5.41) is 2.99. The maximum atomic E-state index is 11.7. The van der Waals surface area contributed by atoms with E-state index in [9.17, 15) is 4.79 Å². The smallest absolute Gasteiger partial charge is 0.408 e. The predicted molar refractivity (Wildman–Crippen MR) is 62.0 cm³/mol. The van der Waals surface area contributed by atoms with Crippen molar-refractivity contribution in [2.75, 3.05) is 0 Å². The molecule has 0 radical (unpaired) electrons. The van der Waals surface area contributed by atoms with Gasteiger partial charge in [-0.1, -0.05) is 6.92 Å². The molecule has 0 spiro atoms.